The summed E-state index contributed by atoms with van der Waals surface area (Å²) in [5, 5.41) is 3.33. The van der Waals surface area contributed by atoms with Crippen LogP contribution in [0.4, 0.5) is 0 Å². The van der Waals surface area contributed by atoms with E-state index >= 15 is 0 Å². The average molecular weight is 444 g/mol. The molecule has 1 N–H and O–H groups in total. The van der Waals surface area contributed by atoms with E-state index in [0.717, 1.165) is 37.9 Å². The van der Waals surface area contributed by atoms with Crippen molar-refractivity contribution in [2.45, 2.75) is 77.6 Å². The van der Waals surface area contributed by atoms with Gasteiger partial charge >= 0.3 is 0 Å². The van der Waals surface area contributed by atoms with Crippen molar-refractivity contribution in [1.29, 1.82) is 0 Å². The summed E-state index contributed by atoms with van der Waals surface area (Å²) in [5.74, 6) is 2.03. The molecule has 2 aliphatic heterocycles. The zero-order valence-electron chi connectivity index (χ0n) is 20.1. The average Bonchev–Trinajstić information content (AvgIpc) is 2.77. The molecule has 0 aromatic heterocycles. The first kappa shape index (κ1) is 23.7. The van der Waals surface area contributed by atoms with Gasteiger partial charge in [0.15, 0.2) is 6.29 Å². The molecule has 2 heterocycles. The van der Waals surface area contributed by atoms with Crippen LogP contribution >= 0.6 is 0 Å². The van der Waals surface area contributed by atoms with Gasteiger partial charge < -0.3 is 19.5 Å². The minimum absolute atomic E-state index is 0.0838. The van der Waals surface area contributed by atoms with Gasteiger partial charge in [-0.15, -0.1) is 0 Å². The summed E-state index contributed by atoms with van der Waals surface area (Å²) in [6.45, 7) is 10.1. The Morgan fingerprint density at radius 3 is 2.75 bits per heavy atom. The molecule has 0 spiro atoms. The van der Waals surface area contributed by atoms with Gasteiger partial charge in [0.2, 0.25) is 5.91 Å². The molecule has 4 rings (SSSR count). The Kier molecular flexibility index (Phi) is 7.91. The lowest BCUT2D eigenvalue weighted by Gasteiger charge is -2.43. The van der Waals surface area contributed by atoms with Crippen LogP contribution in [0.15, 0.2) is 24.3 Å². The second-order valence-electron chi connectivity index (χ2n) is 10.7. The summed E-state index contributed by atoms with van der Waals surface area (Å²) in [7, 11) is 0. The highest BCUT2D eigenvalue weighted by Crippen LogP contribution is 2.39. The number of carbonyl (C=O) groups is 1. The molecule has 0 bridgehead atoms. The van der Waals surface area contributed by atoms with E-state index in [1.807, 2.05) is 0 Å². The number of carbonyl (C=O) groups excluding carboxylic acids is 1. The Bertz CT molecular complexity index is 754. The molecule has 4 atom stereocenters. The maximum Gasteiger partial charge on any atom is 0.223 e. The molecule has 3 aliphatic rings. The zero-order chi connectivity index (χ0) is 22.6. The minimum atomic E-state index is -0.138. The third-order valence-corrected chi connectivity index (χ3v) is 7.83. The van der Waals surface area contributed by atoms with Crippen molar-refractivity contribution >= 4 is 5.91 Å². The topological polar surface area (TPSA) is 56.8 Å². The second kappa shape index (κ2) is 10.7. The van der Waals surface area contributed by atoms with E-state index in [2.05, 4.69) is 50.4 Å². The largest absolute Gasteiger partial charge is 0.379 e. The summed E-state index contributed by atoms with van der Waals surface area (Å²) >= 11 is 0. The lowest BCUT2D eigenvalue weighted by molar-refractivity contribution is -0.168. The number of benzene rings is 1. The molecular formula is C27H41NO4. The fraction of sp³-hybridized carbons (Fsp3) is 0.741. The molecule has 178 valence electrons. The summed E-state index contributed by atoms with van der Waals surface area (Å²) in [5.41, 5.74) is 2.24. The van der Waals surface area contributed by atoms with Crippen molar-refractivity contribution in [3.8, 4) is 0 Å². The van der Waals surface area contributed by atoms with E-state index in [1.165, 1.54) is 18.4 Å². The molecule has 32 heavy (non-hydrogen) atoms. The summed E-state index contributed by atoms with van der Waals surface area (Å²) in [6, 6.07) is 8.58. The molecule has 1 aromatic carbocycles. The van der Waals surface area contributed by atoms with Crippen LogP contribution in [0.5, 0.6) is 0 Å². The van der Waals surface area contributed by atoms with Crippen LogP contribution in [0.3, 0.4) is 0 Å². The van der Waals surface area contributed by atoms with Gasteiger partial charge in [-0.1, -0.05) is 51.5 Å². The molecule has 2 unspecified atom stereocenters. The van der Waals surface area contributed by atoms with E-state index in [9.17, 15) is 4.79 Å². The number of hydrogen-bond acceptors (Lipinski definition) is 4. The fourth-order valence-electron chi connectivity index (χ4n) is 5.63. The highest BCUT2D eigenvalue weighted by molar-refractivity contribution is 5.79. The summed E-state index contributed by atoms with van der Waals surface area (Å²) < 4.78 is 17.3. The molecule has 5 nitrogen and oxygen atoms in total. The van der Waals surface area contributed by atoms with E-state index in [1.54, 1.807) is 0 Å². The van der Waals surface area contributed by atoms with E-state index < -0.39 is 0 Å². The van der Waals surface area contributed by atoms with Crippen LogP contribution in [0.1, 0.15) is 70.4 Å². The number of amides is 1. The van der Waals surface area contributed by atoms with Crippen molar-refractivity contribution in [3.05, 3.63) is 35.4 Å². The minimum Gasteiger partial charge on any atom is -0.379 e. The Hall–Kier alpha value is -1.43. The molecule has 1 amide bonds. The van der Waals surface area contributed by atoms with Gasteiger partial charge in [-0.25, -0.2) is 0 Å². The standard InChI is InChI=1S/C27H41NO4/c1-19(2)23-11-10-20(3)13-24(23)26(29)28-16-27(17-30-18-27)22-8-6-7-21(14-22)15-32-25-9-4-5-12-31-25/h6-8,14,19-20,23-25H,4-5,9-13,15-18H2,1-3H3,(H,28,29)/t20?,23-,24+,25?/m0/s1. The van der Waals surface area contributed by atoms with Gasteiger partial charge in [-0.05, 0) is 61.0 Å². The highest BCUT2D eigenvalue weighted by atomic mass is 16.7. The summed E-state index contributed by atoms with van der Waals surface area (Å²) in [4.78, 5) is 13.2. The predicted molar refractivity (Wildman–Crippen MR) is 125 cm³/mol. The molecule has 1 aromatic rings. The molecule has 0 radical (unpaired) electrons. The molecule has 5 heteroatoms. The molecule has 1 aliphatic carbocycles. The number of rotatable bonds is 8. The fourth-order valence-corrected chi connectivity index (χ4v) is 5.63. The first-order valence-corrected chi connectivity index (χ1v) is 12.6. The van der Waals surface area contributed by atoms with Crippen molar-refractivity contribution < 1.29 is 19.0 Å². The van der Waals surface area contributed by atoms with Gasteiger partial charge in [0.05, 0.1) is 25.2 Å². The monoisotopic (exact) mass is 443 g/mol. The Labute approximate surface area is 193 Å². The third-order valence-electron chi connectivity index (χ3n) is 7.83. The van der Waals surface area contributed by atoms with Gasteiger partial charge in [0.1, 0.15) is 0 Å². The Morgan fingerprint density at radius 1 is 1.22 bits per heavy atom. The van der Waals surface area contributed by atoms with Gasteiger partial charge in [-0.2, -0.15) is 0 Å². The van der Waals surface area contributed by atoms with Crippen molar-refractivity contribution in [3.63, 3.8) is 0 Å². The van der Waals surface area contributed by atoms with Crippen molar-refractivity contribution in [2.75, 3.05) is 26.4 Å². The maximum absolute atomic E-state index is 13.2. The highest BCUT2D eigenvalue weighted by Gasteiger charge is 2.42. The maximum atomic E-state index is 13.2. The number of nitrogens with one attached hydrogen (secondary N) is 1. The van der Waals surface area contributed by atoms with E-state index in [-0.39, 0.29) is 23.5 Å². The van der Waals surface area contributed by atoms with Crippen molar-refractivity contribution in [2.24, 2.45) is 23.7 Å². The first-order chi connectivity index (χ1) is 15.5. The zero-order valence-corrected chi connectivity index (χ0v) is 20.1. The van der Waals surface area contributed by atoms with Crippen LogP contribution in [0.25, 0.3) is 0 Å². The molecule has 3 fully saturated rings. The van der Waals surface area contributed by atoms with Crippen LogP contribution in [0.2, 0.25) is 0 Å². The normalized spacial score (nSPS) is 30.0. The quantitative estimate of drug-likeness (QED) is 0.626. The summed E-state index contributed by atoms with van der Waals surface area (Å²) in [6.07, 6.45) is 6.60. The lowest BCUT2D eigenvalue weighted by Crippen LogP contribution is -2.55. The SMILES string of the molecule is CC1CC[C@@H](C(C)C)[C@H](C(=O)NCC2(c3cccc(COC4CCCCO4)c3)COC2)C1. The third kappa shape index (κ3) is 5.55. The number of ether oxygens (including phenoxy) is 3. The van der Waals surface area contributed by atoms with E-state index in [4.69, 9.17) is 14.2 Å². The predicted octanol–water partition coefficient (Wildman–Crippen LogP) is 4.82. The van der Waals surface area contributed by atoms with Gasteiger partial charge in [-0.3, -0.25) is 4.79 Å². The Balaban J connectivity index is 1.37. The van der Waals surface area contributed by atoms with Crippen LogP contribution in [-0.4, -0.2) is 38.6 Å². The van der Waals surface area contributed by atoms with E-state index in [0.29, 0.717) is 44.1 Å². The lowest BCUT2D eigenvalue weighted by atomic mass is 9.69. The van der Waals surface area contributed by atoms with Crippen molar-refractivity contribution in [1.82, 2.24) is 5.32 Å². The second-order valence-corrected chi connectivity index (χ2v) is 10.7. The van der Waals surface area contributed by atoms with Crippen LogP contribution in [-0.2, 0) is 31.0 Å². The molecule has 2 saturated heterocycles. The van der Waals surface area contributed by atoms with Crippen LogP contribution < -0.4 is 5.32 Å². The molecule has 1 saturated carbocycles. The first-order valence-electron chi connectivity index (χ1n) is 12.6. The molecular weight excluding hydrogens is 402 g/mol. The van der Waals surface area contributed by atoms with Gasteiger partial charge in [0, 0.05) is 19.1 Å². The smallest absolute Gasteiger partial charge is 0.223 e. The number of hydrogen-bond donors (Lipinski definition) is 1. The Morgan fingerprint density at radius 2 is 2.06 bits per heavy atom. The van der Waals surface area contributed by atoms with Crippen LogP contribution in [0, 0.1) is 23.7 Å². The van der Waals surface area contributed by atoms with Gasteiger partial charge in [0.25, 0.3) is 0 Å².